The quantitative estimate of drug-likeness (QED) is 0.838. The van der Waals surface area contributed by atoms with E-state index in [0.717, 1.165) is 4.47 Å². The van der Waals surface area contributed by atoms with Crippen LogP contribution in [-0.4, -0.2) is 10.9 Å². The number of hydrogen-bond acceptors (Lipinski definition) is 3. The zero-order valence-corrected chi connectivity index (χ0v) is 11.4. The van der Waals surface area contributed by atoms with Crippen molar-refractivity contribution < 1.29 is 4.79 Å². The lowest BCUT2D eigenvalue weighted by molar-refractivity contribution is 0.102. The standard InChI is InChI=1S/C13H12BrN3O/c1-8-10(3-2-6-16-8)13(18)17-9-4-5-11(14)12(15)7-9/h2-7H,15H2,1H3,(H,17,18). The molecule has 0 atom stereocenters. The minimum absolute atomic E-state index is 0.192. The van der Waals surface area contributed by atoms with Crippen molar-refractivity contribution in [2.45, 2.75) is 6.92 Å². The van der Waals surface area contributed by atoms with Gasteiger partial charge < -0.3 is 11.1 Å². The minimum Gasteiger partial charge on any atom is -0.398 e. The first kappa shape index (κ1) is 12.6. The van der Waals surface area contributed by atoms with Crippen LogP contribution in [0.2, 0.25) is 0 Å². The highest BCUT2D eigenvalue weighted by atomic mass is 79.9. The molecule has 4 nitrogen and oxygen atoms in total. The monoisotopic (exact) mass is 305 g/mol. The molecule has 2 rings (SSSR count). The van der Waals surface area contributed by atoms with Gasteiger partial charge in [0.1, 0.15) is 0 Å². The Morgan fingerprint density at radius 2 is 2.17 bits per heavy atom. The number of nitrogens with two attached hydrogens (primary N) is 1. The van der Waals surface area contributed by atoms with Gasteiger partial charge in [0, 0.05) is 27.7 Å². The molecule has 0 fully saturated rings. The molecule has 0 aliphatic carbocycles. The second-order valence-corrected chi connectivity index (χ2v) is 4.68. The third-order valence-corrected chi connectivity index (χ3v) is 3.23. The molecule has 18 heavy (non-hydrogen) atoms. The van der Waals surface area contributed by atoms with Crippen molar-refractivity contribution in [3.05, 3.63) is 52.3 Å². The Morgan fingerprint density at radius 3 is 2.83 bits per heavy atom. The number of aromatic nitrogens is 1. The summed E-state index contributed by atoms with van der Waals surface area (Å²) >= 11 is 3.30. The van der Waals surface area contributed by atoms with E-state index in [-0.39, 0.29) is 5.91 Å². The molecule has 3 N–H and O–H groups in total. The summed E-state index contributed by atoms with van der Waals surface area (Å²) in [5, 5.41) is 2.79. The van der Waals surface area contributed by atoms with E-state index in [9.17, 15) is 4.79 Å². The van der Waals surface area contributed by atoms with Gasteiger partial charge in [-0.3, -0.25) is 9.78 Å². The number of nitrogens with one attached hydrogen (secondary N) is 1. The van der Waals surface area contributed by atoms with Gasteiger partial charge in [0.2, 0.25) is 0 Å². The fourth-order valence-corrected chi connectivity index (χ4v) is 1.79. The number of hydrogen-bond donors (Lipinski definition) is 2. The van der Waals surface area contributed by atoms with E-state index in [2.05, 4.69) is 26.2 Å². The zero-order chi connectivity index (χ0) is 13.1. The van der Waals surface area contributed by atoms with Crippen molar-refractivity contribution in [2.75, 3.05) is 11.1 Å². The van der Waals surface area contributed by atoms with E-state index in [0.29, 0.717) is 22.6 Å². The number of rotatable bonds is 2. The second kappa shape index (κ2) is 5.18. The van der Waals surface area contributed by atoms with Gasteiger partial charge in [-0.25, -0.2) is 0 Å². The molecular weight excluding hydrogens is 294 g/mol. The number of benzene rings is 1. The summed E-state index contributed by atoms with van der Waals surface area (Å²) in [5.74, 6) is -0.192. The van der Waals surface area contributed by atoms with Gasteiger partial charge in [-0.15, -0.1) is 0 Å². The summed E-state index contributed by atoms with van der Waals surface area (Å²) in [5.41, 5.74) is 8.24. The summed E-state index contributed by atoms with van der Waals surface area (Å²) in [6.45, 7) is 1.80. The van der Waals surface area contributed by atoms with Gasteiger partial charge in [0.15, 0.2) is 0 Å². The number of anilines is 2. The molecule has 0 spiro atoms. The first-order valence-corrected chi connectivity index (χ1v) is 6.15. The molecule has 1 heterocycles. The van der Waals surface area contributed by atoms with Crippen molar-refractivity contribution in [3.63, 3.8) is 0 Å². The zero-order valence-electron chi connectivity index (χ0n) is 9.77. The maximum Gasteiger partial charge on any atom is 0.257 e. The van der Waals surface area contributed by atoms with E-state index < -0.39 is 0 Å². The highest BCUT2D eigenvalue weighted by Gasteiger charge is 2.09. The van der Waals surface area contributed by atoms with Gasteiger partial charge in [-0.1, -0.05) is 0 Å². The third-order valence-electron chi connectivity index (χ3n) is 2.51. The highest BCUT2D eigenvalue weighted by molar-refractivity contribution is 9.10. The molecule has 0 aliphatic rings. The fourth-order valence-electron chi connectivity index (χ4n) is 1.54. The Balaban J connectivity index is 2.22. The summed E-state index contributed by atoms with van der Waals surface area (Å²) < 4.78 is 0.804. The van der Waals surface area contributed by atoms with Crippen molar-refractivity contribution >= 4 is 33.2 Å². The Bertz CT molecular complexity index is 599. The van der Waals surface area contributed by atoms with Crippen LogP contribution in [0.1, 0.15) is 16.1 Å². The number of amides is 1. The van der Waals surface area contributed by atoms with Crippen LogP contribution >= 0.6 is 15.9 Å². The lowest BCUT2D eigenvalue weighted by Crippen LogP contribution is -2.14. The lowest BCUT2D eigenvalue weighted by Gasteiger charge is -2.08. The molecule has 2 aromatic rings. The maximum absolute atomic E-state index is 12.0. The van der Waals surface area contributed by atoms with Crippen molar-refractivity contribution in [2.24, 2.45) is 0 Å². The SMILES string of the molecule is Cc1ncccc1C(=O)Nc1ccc(Br)c(N)c1. The molecule has 92 valence electrons. The van der Waals surface area contributed by atoms with Gasteiger partial charge in [-0.05, 0) is 53.2 Å². The smallest absolute Gasteiger partial charge is 0.257 e. The minimum atomic E-state index is -0.192. The van der Waals surface area contributed by atoms with E-state index in [1.165, 1.54) is 0 Å². The number of pyridine rings is 1. The van der Waals surface area contributed by atoms with E-state index in [4.69, 9.17) is 5.73 Å². The Labute approximate surface area is 113 Å². The normalized spacial score (nSPS) is 10.1. The fraction of sp³-hybridized carbons (Fsp3) is 0.0769. The summed E-state index contributed by atoms with van der Waals surface area (Å²) in [7, 11) is 0. The van der Waals surface area contributed by atoms with Gasteiger partial charge in [0.05, 0.1) is 5.56 Å². The third kappa shape index (κ3) is 2.68. The summed E-state index contributed by atoms with van der Waals surface area (Å²) in [6, 6.07) is 8.75. The Hall–Kier alpha value is -1.88. The molecule has 0 aliphatic heterocycles. The molecule has 5 heteroatoms. The topological polar surface area (TPSA) is 68.0 Å². The number of nitrogen functional groups attached to an aromatic ring is 1. The summed E-state index contributed by atoms with van der Waals surface area (Å²) in [4.78, 5) is 16.1. The average Bonchev–Trinajstić information content (AvgIpc) is 2.34. The second-order valence-electron chi connectivity index (χ2n) is 3.83. The number of halogens is 1. The van der Waals surface area contributed by atoms with Crippen LogP contribution in [0, 0.1) is 6.92 Å². The molecular formula is C13H12BrN3O. The first-order valence-electron chi connectivity index (χ1n) is 5.36. The molecule has 0 unspecified atom stereocenters. The molecule has 1 amide bonds. The largest absolute Gasteiger partial charge is 0.398 e. The number of aryl methyl sites for hydroxylation is 1. The van der Waals surface area contributed by atoms with Crippen molar-refractivity contribution in [1.29, 1.82) is 0 Å². The Morgan fingerprint density at radius 1 is 1.39 bits per heavy atom. The molecule has 1 aromatic carbocycles. The van der Waals surface area contributed by atoms with Gasteiger partial charge in [0.25, 0.3) is 5.91 Å². The van der Waals surface area contributed by atoms with E-state index in [1.54, 1.807) is 43.5 Å². The molecule has 0 saturated heterocycles. The number of carbonyl (C=O) groups excluding carboxylic acids is 1. The van der Waals surface area contributed by atoms with Crippen LogP contribution in [0.3, 0.4) is 0 Å². The maximum atomic E-state index is 12.0. The predicted octanol–water partition coefficient (Wildman–Crippen LogP) is 2.99. The van der Waals surface area contributed by atoms with Gasteiger partial charge >= 0.3 is 0 Å². The average molecular weight is 306 g/mol. The number of carbonyl (C=O) groups is 1. The van der Waals surface area contributed by atoms with Crippen LogP contribution in [0.4, 0.5) is 11.4 Å². The van der Waals surface area contributed by atoms with Crippen LogP contribution < -0.4 is 11.1 Å². The molecule has 0 saturated carbocycles. The number of nitrogens with zero attached hydrogens (tertiary/aromatic N) is 1. The lowest BCUT2D eigenvalue weighted by atomic mass is 10.2. The van der Waals surface area contributed by atoms with Crippen molar-refractivity contribution in [3.8, 4) is 0 Å². The summed E-state index contributed by atoms with van der Waals surface area (Å²) in [6.07, 6.45) is 1.66. The Kier molecular flexibility index (Phi) is 3.62. The van der Waals surface area contributed by atoms with Crippen LogP contribution in [0.15, 0.2) is 41.0 Å². The van der Waals surface area contributed by atoms with E-state index in [1.807, 2.05) is 0 Å². The van der Waals surface area contributed by atoms with Gasteiger partial charge in [-0.2, -0.15) is 0 Å². The highest BCUT2D eigenvalue weighted by Crippen LogP contribution is 2.23. The molecule has 1 aromatic heterocycles. The van der Waals surface area contributed by atoms with Crippen LogP contribution in [-0.2, 0) is 0 Å². The predicted molar refractivity (Wildman–Crippen MR) is 75.5 cm³/mol. The van der Waals surface area contributed by atoms with Crippen LogP contribution in [0.25, 0.3) is 0 Å². The van der Waals surface area contributed by atoms with Crippen LogP contribution in [0.5, 0.6) is 0 Å². The molecule has 0 bridgehead atoms. The first-order chi connectivity index (χ1) is 8.58. The van der Waals surface area contributed by atoms with E-state index >= 15 is 0 Å². The molecule has 0 radical (unpaired) electrons. The van der Waals surface area contributed by atoms with Crippen molar-refractivity contribution in [1.82, 2.24) is 4.98 Å².